The van der Waals surface area contributed by atoms with Crippen molar-refractivity contribution in [3.05, 3.63) is 41.1 Å². The molecule has 5 heterocycles. The maximum Gasteiger partial charge on any atom is 0.386 e. The highest BCUT2D eigenvalue weighted by Gasteiger charge is 2.52. The van der Waals surface area contributed by atoms with Crippen LogP contribution in [0.4, 0.5) is 10.2 Å². The van der Waals surface area contributed by atoms with Crippen LogP contribution in [-0.4, -0.2) is 89.3 Å². The summed E-state index contributed by atoms with van der Waals surface area (Å²) in [4.78, 5) is 42.0. The van der Waals surface area contributed by atoms with Crippen molar-refractivity contribution in [2.45, 2.75) is 56.2 Å². The molecule has 0 spiro atoms. The second-order valence-corrected chi connectivity index (χ2v) is 15.7. The van der Waals surface area contributed by atoms with Crippen molar-refractivity contribution in [1.29, 1.82) is 0 Å². The lowest BCUT2D eigenvalue weighted by atomic mass is 10.1. The van der Waals surface area contributed by atoms with E-state index >= 15 is 4.39 Å². The minimum Gasteiger partial charge on any atom is -0.387 e. The monoisotopic (exact) mass is 665 g/mol. The van der Waals surface area contributed by atoms with Gasteiger partial charge in [0.25, 0.3) is 5.56 Å². The Kier molecular flexibility index (Phi) is 8.30. The number of aliphatic hydroxyl groups excluding tert-OH is 1. The molecule has 3 aromatic rings. The standard InChI is InChI=1S/C21H26FN7O9P2S2/c1-9-26-19-15(20(31)27-9)25-8-29(19)21-18-16(30)12(36-21)6-35-40(33,42)37-17-10(5-34-39(32,41)38-18)4-11(14(17)22)28-13-2-3-23-7-24-13/h2-3,7-8,10-12,14,16-18,21,30H,4-6H2,1H3,(H,32,41)(H,33,42)(H,23,24,28)(H,26,27,31)/t10-,11-,12-,14+,16-,17-,18-,21-,39?,40?/m1/s1. The van der Waals surface area contributed by atoms with Crippen molar-refractivity contribution in [2.75, 3.05) is 18.5 Å². The highest BCUT2D eigenvalue weighted by molar-refractivity contribution is 8.44. The summed E-state index contributed by atoms with van der Waals surface area (Å²) in [6, 6.07) is 0.725. The van der Waals surface area contributed by atoms with Gasteiger partial charge in [-0.1, -0.05) is 12.2 Å². The molecular weight excluding hydrogens is 639 g/mol. The predicted molar refractivity (Wildman–Crippen MR) is 150 cm³/mol. The van der Waals surface area contributed by atoms with E-state index in [9.17, 15) is 19.4 Å². The van der Waals surface area contributed by atoms with Crippen molar-refractivity contribution in [1.82, 2.24) is 29.5 Å². The Morgan fingerprint density at radius 2 is 2.07 bits per heavy atom. The SMILES string of the molecule is Cc1nc2c(ncn2[C@@H]2O[C@@H]3COP(O)(=S)O[C@@H]4[C@@H](COP(=O)(S)O[C@@H]2[C@@H]3O)C[C@@H](Nc2ccncn2)[C@@H]4F)c(=O)[nH]1. The first kappa shape index (κ1) is 30.1. The van der Waals surface area contributed by atoms with Crippen LogP contribution in [0, 0.1) is 12.8 Å². The minimum atomic E-state index is -4.25. The third-order valence-electron chi connectivity index (χ3n) is 7.14. The number of aliphatic hydroxyl groups is 1. The molecule has 0 amide bonds. The number of H-pyrrole nitrogens is 1. The Balaban J connectivity index is 1.29. The number of halogens is 1. The number of nitrogens with one attached hydrogen (secondary N) is 2. The topological polar surface area (TPSA) is 205 Å². The number of rotatable bonds is 3. The van der Waals surface area contributed by atoms with Gasteiger partial charge in [-0.25, -0.2) is 28.9 Å². The molecule has 16 nitrogen and oxygen atoms in total. The fourth-order valence-electron chi connectivity index (χ4n) is 5.23. The molecule has 228 valence electrons. The number of nitrogens with zero attached hydrogens (tertiary/aromatic N) is 5. The van der Waals surface area contributed by atoms with E-state index in [-0.39, 0.29) is 24.2 Å². The van der Waals surface area contributed by atoms with Crippen molar-refractivity contribution in [2.24, 2.45) is 5.92 Å². The lowest BCUT2D eigenvalue weighted by molar-refractivity contribution is -0.0515. The van der Waals surface area contributed by atoms with Crippen molar-refractivity contribution in [3.8, 4) is 0 Å². The van der Waals surface area contributed by atoms with E-state index in [1.54, 1.807) is 13.0 Å². The lowest BCUT2D eigenvalue weighted by Crippen LogP contribution is -2.35. The highest BCUT2D eigenvalue weighted by Crippen LogP contribution is 2.58. The molecule has 3 fully saturated rings. The maximum atomic E-state index is 15.7. The van der Waals surface area contributed by atoms with Crippen LogP contribution >= 0.6 is 25.8 Å². The molecule has 0 radical (unpaired) electrons. The maximum absolute atomic E-state index is 15.7. The van der Waals surface area contributed by atoms with E-state index in [1.165, 1.54) is 23.4 Å². The summed E-state index contributed by atoms with van der Waals surface area (Å²) in [5.41, 5.74) is -0.394. The Labute approximate surface area is 247 Å². The average Bonchev–Trinajstić information content (AvgIpc) is 3.57. The van der Waals surface area contributed by atoms with Gasteiger partial charge in [0.2, 0.25) is 0 Å². The number of anilines is 1. The third kappa shape index (κ3) is 6.05. The summed E-state index contributed by atoms with van der Waals surface area (Å²) in [7, 11) is 0. The third-order valence-corrected chi connectivity index (χ3v) is 10.3. The van der Waals surface area contributed by atoms with Gasteiger partial charge in [0.05, 0.1) is 25.6 Å². The first-order valence-electron chi connectivity index (χ1n) is 12.7. The van der Waals surface area contributed by atoms with Gasteiger partial charge in [0.1, 0.15) is 48.6 Å². The number of aromatic nitrogens is 6. The molecule has 4 N–H and O–H groups in total. The highest BCUT2D eigenvalue weighted by atomic mass is 32.7. The summed E-state index contributed by atoms with van der Waals surface area (Å²) in [5.74, 6) is -0.117. The normalized spacial score (nSPS) is 39.3. The fourth-order valence-corrected chi connectivity index (χ4v) is 8.21. The minimum absolute atomic E-state index is 0.00529. The van der Waals surface area contributed by atoms with Gasteiger partial charge < -0.3 is 38.6 Å². The Hall–Kier alpha value is -1.89. The lowest BCUT2D eigenvalue weighted by Gasteiger charge is -2.28. The van der Waals surface area contributed by atoms with E-state index in [4.69, 9.17) is 34.6 Å². The van der Waals surface area contributed by atoms with E-state index in [2.05, 4.69) is 42.5 Å². The fraction of sp³-hybridized carbons (Fsp3) is 0.571. The van der Waals surface area contributed by atoms with Gasteiger partial charge >= 0.3 is 13.5 Å². The van der Waals surface area contributed by atoms with Crippen LogP contribution in [0.25, 0.3) is 11.2 Å². The zero-order valence-corrected chi connectivity index (χ0v) is 25.2. The smallest absolute Gasteiger partial charge is 0.386 e. The van der Waals surface area contributed by atoms with E-state index in [0.29, 0.717) is 11.6 Å². The Morgan fingerprint density at radius 1 is 1.26 bits per heavy atom. The van der Waals surface area contributed by atoms with Crippen molar-refractivity contribution < 1.29 is 41.8 Å². The van der Waals surface area contributed by atoms with Gasteiger partial charge in [0.15, 0.2) is 17.4 Å². The number of hydrogen-bond donors (Lipinski definition) is 5. The first-order chi connectivity index (χ1) is 19.9. The number of fused-ring (bicyclic) bond motifs is 4. The van der Waals surface area contributed by atoms with Crippen LogP contribution in [0.15, 0.2) is 29.7 Å². The zero-order chi connectivity index (χ0) is 29.8. The first-order valence-corrected chi connectivity index (χ1v) is 17.9. The molecule has 2 aliphatic heterocycles. The Bertz CT molecular complexity index is 1620. The molecule has 3 aromatic heterocycles. The van der Waals surface area contributed by atoms with Gasteiger partial charge in [-0.05, 0) is 31.2 Å². The second-order valence-electron chi connectivity index (χ2n) is 9.99. The Morgan fingerprint density at radius 3 is 2.83 bits per heavy atom. The number of aromatic amines is 1. The van der Waals surface area contributed by atoms with Crippen LogP contribution in [0.3, 0.4) is 0 Å². The largest absolute Gasteiger partial charge is 0.387 e. The van der Waals surface area contributed by atoms with E-state index < -0.39 is 74.5 Å². The summed E-state index contributed by atoms with van der Waals surface area (Å²) in [6.07, 6.45) is -4.19. The molecule has 2 bridgehead atoms. The van der Waals surface area contributed by atoms with Gasteiger partial charge in [-0.15, -0.1) is 0 Å². The van der Waals surface area contributed by atoms with E-state index in [1.807, 2.05) is 0 Å². The molecule has 1 saturated carbocycles. The number of ether oxygens (including phenoxy) is 1. The van der Waals surface area contributed by atoms with Crippen LogP contribution in [-0.2, 0) is 39.2 Å². The number of thiol groups is 1. The molecule has 1 aliphatic carbocycles. The number of imidazole rings is 1. The van der Waals surface area contributed by atoms with Crippen LogP contribution in [0.2, 0.25) is 0 Å². The summed E-state index contributed by atoms with van der Waals surface area (Å²) in [6.45, 7) is -7.65. The molecule has 2 unspecified atom stereocenters. The average molecular weight is 666 g/mol. The van der Waals surface area contributed by atoms with Crippen LogP contribution in [0.5, 0.6) is 0 Å². The number of aryl methyl sites for hydroxylation is 1. The molecular formula is C21H26FN7O9P2S2. The molecule has 3 aliphatic rings. The molecule has 21 heteroatoms. The van der Waals surface area contributed by atoms with Gasteiger partial charge in [0, 0.05) is 12.1 Å². The van der Waals surface area contributed by atoms with E-state index in [0.717, 1.165) is 0 Å². The quantitative estimate of drug-likeness (QED) is 0.198. The van der Waals surface area contributed by atoms with Crippen LogP contribution in [0.1, 0.15) is 18.5 Å². The number of alkyl halides is 1. The summed E-state index contributed by atoms with van der Waals surface area (Å²) in [5, 5.41) is 14.1. The van der Waals surface area contributed by atoms with Crippen LogP contribution < -0.4 is 10.9 Å². The predicted octanol–water partition coefficient (Wildman–Crippen LogP) is 1.39. The number of hydrogen-bond acceptors (Lipinski definition) is 14. The molecule has 6 rings (SSSR count). The second kappa shape index (κ2) is 11.6. The zero-order valence-electron chi connectivity index (χ0n) is 21.7. The summed E-state index contributed by atoms with van der Waals surface area (Å²) < 4.78 is 58.8. The van der Waals surface area contributed by atoms with Gasteiger partial charge in [-0.2, -0.15) is 0 Å². The summed E-state index contributed by atoms with van der Waals surface area (Å²) >= 11 is 9.27. The molecule has 42 heavy (non-hydrogen) atoms. The molecule has 0 aromatic carbocycles. The van der Waals surface area contributed by atoms with Crippen molar-refractivity contribution >= 4 is 54.6 Å². The molecule has 2 saturated heterocycles. The molecule has 10 atom stereocenters. The van der Waals surface area contributed by atoms with Gasteiger partial charge in [-0.3, -0.25) is 13.9 Å². The van der Waals surface area contributed by atoms with Crippen molar-refractivity contribution in [3.63, 3.8) is 0 Å².